The van der Waals surface area contributed by atoms with E-state index in [1.807, 2.05) is 5.40 Å². The van der Waals surface area contributed by atoms with Gasteiger partial charge in [0, 0.05) is 28.3 Å². The van der Waals surface area contributed by atoms with Crippen molar-refractivity contribution in [2.45, 2.75) is 4.90 Å². The van der Waals surface area contributed by atoms with Crippen LogP contribution in [-0.4, -0.2) is 10.8 Å². The van der Waals surface area contributed by atoms with Gasteiger partial charge in [0.15, 0.2) is 0 Å². The van der Waals surface area contributed by atoms with E-state index in [1.165, 1.54) is 24.3 Å². The number of nitro benzene ring substituents is 1. The van der Waals surface area contributed by atoms with E-state index in [1.54, 1.807) is 24.3 Å². The second kappa shape index (κ2) is 6.54. The fourth-order valence-electron chi connectivity index (χ4n) is 1.60. The number of nitriles is 1. The Labute approximate surface area is 124 Å². The Kier molecular flexibility index (Phi) is 4.53. The zero-order valence-electron chi connectivity index (χ0n) is 10.6. The van der Waals surface area contributed by atoms with Crippen molar-refractivity contribution < 1.29 is 9.72 Å². The molecule has 104 valence electrons. The minimum atomic E-state index is -0.521. The third kappa shape index (κ3) is 3.81. The Morgan fingerprint density at radius 1 is 1.14 bits per heavy atom. The number of amides is 1. The highest BCUT2D eigenvalue weighted by atomic mass is 32.2. The average Bonchev–Trinajstić information content (AvgIpc) is 2.49. The molecule has 0 fully saturated rings. The summed E-state index contributed by atoms with van der Waals surface area (Å²) in [5.74, 6) is -0.356. The first-order valence-electron chi connectivity index (χ1n) is 5.82. The number of carbonyl (C=O) groups is 1. The maximum atomic E-state index is 12.0. The summed E-state index contributed by atoms with van der Waals surface area (Å²) in [6, 6.07) is 12.2. The van der Waals surface area contributed by atoms with E-state index in [0.29, 0.717) is 11.3 Å². The molecule has 2 rings (SSSR count). The van der Waals surface area contributed by atoms with Gasteiger partial charge >= 0.3 is 0 Å². The molecule has 0 aliphatic rings. The number of rotatable bonds is 4. The van der Waals surface area contributed by atoms with Gasteiger partial charge in [-0.05, 0) is 48.2 Å². The van der Waals surface area contributed by atoms with E-state index in [2.05, 4.69) is 5.32 Å². The van der Waals surface area contributed by atoms with Gasteiger partial charge in [0.2, 0.25) is 0 Å². The molecular weight excluding hydrogens is 290 g/mol. The number of benzene rings is 2. The third-order valence-electron chi connectivity index (χ3n) is 2.62. The normalized spacial score (nSPS) is 9.67. The lowest BCUT2D eigenvalue weighted by atomic mass is 10.2. The lowest BCUT2D eigenvalue weighted by Crippen LogP contribution is -2.11. The van der Waals surface area contributed by atoms with E-state index < -0.39 is 4.92 Å². The Hall–Kier alpha value is -2.85. The van der Waals surface area contributed by atoms with Crippen molar-refractivity contribution >= 4 is 29.0 Å². The molecule has 2 aromatic rings. The molecule has 0 radical (unpaired) electrons. The molecule has 6 nitrogen and oxygen atoms in total. The summed E-state index contributed by atoms with van der Waals surface area (Å²) in [6.45, 7) is 0. The van der Waals surface area contributed by atoms with Gasteiger partial charge in [-0.25, -0.2) is 0 Å². The molecule has 0 aromatic heterocycles. The van der Waals surface area contributed by atoms with E-state index >= 15 is 0 Å². The number of nitrogens with one attached hydrogen (secondary N) is 1. The number of nitrogens with zero attached hydrogens (tertiary/aromatic N) is 2. The van der Waals surface area contributed by atoms with Crippen molar-refractivity contribution in [2.24, 2.45) is 0 Å². The largest absolute Gasteiger partial charge is 0.322 e. The van der Waals surface area contributed by atoms with Crippen molar-refractivity contribution in [1.29, 1.82) is 5.26 Å². The van der Waals surface area contributed by atoms with Crippen LogP contribution >= 0.6 is 11.8 Å². The SMILES string of the molecule is N#CSc1ccc(NC(=O)c2ccc([N+](=O)[O-])cc2)cc1. The zero-order chi connectivity index (χ0) is 15.2. The molecule has 0 saturated carbocycles. The summed E-state index contributed by atoms with van der Waals surface area (Å²) in [4.78, 5) is 22.8. The van der Waals surface area contributed by atoms with Crippen LogP contribution in [0.3, 0.4) is 0 Å². The second-order valence-electron chi connectivity index (χ2n) is 3.98. The maximum Gasteiger partial charge on any atom is 0.269 e. The van der Waals surface area contributed by atoms with Crippen molar-refractivity contribution in [3.05, 3.63) is 64.2 Å². The van der Waals surface area contributed by atoms with Crippen LogP contribution in [0.25, 0.3) is 0 Å². The summed E-state index contributed by atoms with van der Waals surface area (Å²) >= 11 is 1.03. The highest BCUT2D eigenvalue weighted by Crippen LogP contribution is 2.19. The number of thiocyanates is 1. The molecule has 0 spiro atoms. The first-order chi connectivity index (χ1) is 10.1. The van der Waals surface area contributed by atoms with Gasteiger partial charge < -0.3 is 5.32 Å². The lowest BCUT2D eigenvalue weighted by Gasteiger charge is -2.05. The standard InChI is InChI=1S/C14H9N3O3S/c15-9-21-13-7-3-11(4-8-13)16-14(18)10-1-5-12(6-2-10)17(19)20/h1-8H,(H,16,18). The highest BCUT2D eigenvalue weighted by Gasteiger charge is 2.09. The van der Waals surface area contributed by atoms with E-state index in [0.717, 1.165) is 16.7 Å². The van der Waals surface area contributed by atoms with Gasteiger partial charge in [-0.1, -0.05) is 0 Å². The van der Waals surface area contributed by atoms with Gasteiger partial charge in [-0.3, -0.25) is 14.9 Å². The van der Waals surface area contributed by atoms with Crippen LogP contribution in [-0.2, 0) is 0 Å². The minimum absolute atomic E-state index is 0.0653. The number of thioether (sulfide) groups is 1. The summed E-state index contributed by atoms with van der Waals surface area (Å²) in [5, 5.41) is 23.7. The first kappa shape index (κ1) is 14.6. The summed E-state index contributed by atoms with van der Waals surface area (Å²) in [6.07, 6.45) is 0. The molecule has 1 N–H and O–H groups in total. The third-order valence-corrected chi connectivity index (χ3v) is 3.22. The van der Waals surface area contributed by atoms with Crippen LogP contribution in [0, 0.1) is 20.8 Å². The maximum absolute atomic E-state index is 12.0. The van der Waals surface area contributed by atoms with Gasteiger partial charge in [0.25, 0.3) is 11.6 Å². The molecule has 0 saturated heterocycles. The van der Waals surface area contributed by atoms with E-state index in [-0.39, 0.29) is 11.6 Å². The van der Waals surface area contributed by atoms with Gasteiger partial charge in [-0.2, -0.15) is 5.26 Å². The second-order valence-corrected chi connectivity index (χ2v) is 4.83. The number of carbonyl (C=O) groups excluding carboxylic acids is 1. The van der Waals surface area contributed by atoms with Crippen molar-refractivity contribution in [2.75, 3.05) is 5.32 Å². The van der Waals surface area contributed by atoms with Crippen molar-refractivity contribution in [3.63, 3.8) is 0 Å². The van der Waals surface area contributed by atoms with E-state index in [4.69, 9.17) is 5.26 Å². The first-order valence-corrected chi connectivity index (χ1v) is 6.63. The molecule has 0 unspecified atom stereocenters. The number of non-ortho nitro benzene ring substituents is 1. The molecule has 7 heteroatoms. The van der Waals surface area contributed by atoms with Crippen LogP contribution in [0.15, 0.2) is 53.4 Å². The molecule has 2 aromatic carbocycles. The van der Waals surface area contributed by atoms with Crippen LogP contribution in [0.1, 0.15) is 10.4 Å². The van der Waals surface area contributed by atoms with Gasteiger partial charge in [0.05, 0.1) is 4.92 Å². The fourth-order valence-corrected chi connectivity index (χ4v) is 1.97. The number of nitro groups is 1. The number of hydrogen-bond donors (Lipinski definition) is 1. The van der Waals surface area contributed by atoms with Crippen LogP contribution in [0.2, 0.25) is 0 Å². The monoisotopic (exact) mass is 299 g/mol. The molecule has 0 aliphatic heterocycles. The Morgan fingerprint density at radius 3 is 2.29 bits per heavy atom. The van der Waals surface area contributed by atoms with E-state index in [9.17, 15) is 14.9 Å². The predicted octanol–water partition coefficient (Wildman–Crippen LogP) is 3.42. The Balaban J connectivity index is 2.07. The number of hydrogen-bond acceptors (Lipinski definition) is 5. The van der Waals surface area contributed by atoms with Gasteiger partial charge in [0.1, 0.15) is 5.40 Å². The van der Waals surface area contributed by atoms with Crippen molar-refractivity contribution in [1.82, 2.24) is 0 Å². The van der Waals surface area contributed by atoms with Crippen molar-refractivity contribution in [3.8, 4) is 5.40 Å². The molecule has 1 amide bonds. The molecule has 21 heavy (non-hydrogen) atoms. The van der Waals surface area contributed by atoms with Crippen LogP contribution in [0.5, 0.6) is 0 Å². The minimum Gasteiger partial charge on any atom is -0.322 e. The zero-order valence-corrected chi connectivity index (χ0v) is 11.5. The predicted molar refractivity (Wildman–Crippen MR) is 79.0 cm³/mol. The Morgan fingerprint density at radius 2 is 1.76 bits per heavy atom. The smallest absolute Gasteiger partial charge is 0.269 e. The summed E-state index contributed by atoms with van der Waals surface area (Å²) in [7, 11) is 0. The Bertz CT molecular complexity index is 706. The lowest BCUT2D eigenvalue weighted by molar-refractivity contribution is -0.384. The number of anilines is 1. The summed E-state index contributed by atoms with van der Waals surface area (Å²) < 4.78 is 0. The molecule has 0 heterocycles. The topological polar surface area (TPSA) is 96.0 Å². The molecule has 0 atom stereocenters. The quantitative estimate of drug-likeness (QED) is 0.404. The average molecular weight is 299 g/mol. The van der Waals surface area contributed by atoms with Crippen LogP contribution < -0.4 is 5.32 Å². The molecule has 0 aliphatic carbocycles. The molecule has 0 bridgehead atoms. The highest BCUT2D eigenvalue weighted by molar-refractivity contribution is 8.03. The summed E-state index contributed by atoms with van der Waals surface area (Å²) in [5.41, 5.74) is 0.848. The molecular formula is C14H9N3O3S. The van der Waals surface area contributed by atoms with Gasteiger partial charge in [-0.15, -0.1) is 0 Å². The van der Waals surface area contributed by atoms with Crippen LogP contribution in [0.4, 0.5) is 11.4 Å². The fraction of sp³-hybridized carbons (Fsp3) is 0.